The summed E-state index contributed by atoms with van der Waals surface area (Å²) in [6, 6.07) is 1.44. The Bertz CT molecular complexity index is 1210. The Morgan fingerprint density at radius 2 is 2.12 bits per heavy atom. The van der Waals surface area contributed by atoms with Gasteiger partial charge in [-0.15, -0.1) is 0 Å². The zero-order chi connectivity index (χ0) is 17.8. The van der Waals surface area contributed by atoms with Crippen molar-refractivity contribution in [3.63, 3.8) is 0 Å². The molecule has 1 saturated carbocycles. The first-order valence-corrected chi connectivity index (χ1v) is 9.33. The molecule has 0 bridgehead atoms. The first kappa shape index (κ1) is 15.6. The van der Waals surface area contributed by atoms with Crippen LogP contribution in [0.5, 0.6) is 11.8 Å². The van der Waals surface area contributed by atoms with E-state index >= 15 is 0 Å². The van der Waals surface area contributed by atoms with Gasteiger partial charge in [0, 0.05) is 23.1 Å². The molecule has 4 rings (SSSR count). The van der Waals surface area contributed by atoms with Crippen molar-refractivity contribution in [1.29, 1.82) is 0 Å². The number of sulfone groups is 1. The predicted molar refractivity (Wildman–Crippen MR) is 85.4 cm³/mol. The second-order valence-electron chi connectivity index (χ2n) is 5.88. The van der Waals surface area contributed by atoms with Gasteiger partial charge in [-0.25, -0.2) is 13.4 Å². The summed E-state index contributed by atoms with van der Waals surface area (Å²) < 4.78 is 25.2. The van der Waals surface area contributed by atoms with E-state index in [0.29, 0.717) is 10.8 Å². The van der Waals surface area contributed by atoms with Crippen molar-refractivity contribution in [2.75, 3.05) is 6.26 Å². The first-order valence-electron chi connectivity index (χ1n) is 7.43. The van der Waals surface area contributed by atoms with Crippen LogP contribution in [-0.4, -0.2) is 55.5 Å². The van der Waals surface area contributed by atoms with E-state index in [2.05, 4.69) is 25.0 Å². The number of H-pyrrole nitrogens is 1. The van der Waals surface area contributed by atoms with Gasteiger partial charge in [0.05, 0.1) is 12.2 Å². The number of rotatable bonds is 3. The fraction of sp³-hybridized carbons (Fsp3) is 0.286. The van der Waals surface area contributed by atoms with E-state index in [-0.39, 0.29) is 34.2 Å². The Morgan fingerprint density at radius 3 is 2.72 bits per heavy atom. The largest absolute Gasteiger partial charge is 0.494 e. The molecule has 25 heavy (non-hydrogen) atoms. The van der Waals surface area contributed by atoms with E-state index in [9.17, 15) is 18.6 Å². The molecular formula is C14H14N6O4S. The molecule has 3 N–H and O–H groups in total. The summed E-state index contributed by atoms with van der Waals surface area (Å²) in [6.45, 7) is 0. The average molecular weight is 362 g/mol. The number of hydrogen-bond acceptors (Lipinski definition) is 8. The molecule has 11 heteroatoms. The van der Waals surface area contributed by atoms with Gasteiger partial charge in [-0.1, -0.05) is 0 Å². The van der Waals surface area contributed by atoms with E-state index in [1.807, 2.05) is 0 Å². The van der Waals surface area contributed by atoms with E-state index < -0.39 is 9.84 Å². The smallest absolute Gasteiger partial charge is 0.252 e. The molecule has 0 radical (unpaired) electrons. The van der Waals surface area contributed by atoms with Gasteiger partial charge in [-0.05, 0) is 18.9 Å². The van der Waals surface area contributed by atoms with Crippen molar-refractivity contribution in [2.45, 2.75) is 24.0 Å². The summed E-state index contributed by atoms with van der Waals surface area (Å²) in [7, 11) is -3.64. The molecule has 1 aliphatic rings. The molecule has 0 amide bonds. The lowest BCUT2D eigenvalue weighted by atomic mass is 10.2. The standard InChI is InChI=1S/C14H14N6O4S/c1-25(23,24)14-18-11-8(4-7-5-10(21)17-12(7)22)6-15-20(11)13(19-14)16-9-2-3-9/h4-6,9,17,21-22H,2-3H2,1H3. The number of aromatic nitrogens is 5. The number of nitrogens with one attached hydrogen (secondary N) is 1. The molecule has 1 fully saturated rings. The highest BCUT2D eigenvalue weighted by Gasteiger charge is 2.22. The number of aromatic amines is 1. The molecule has 0 saturated heterocycles. The number of nitrogens with zero attached hydrogens (tertiary/aromatic N) is 5. The quantitative estimate of drug-likeness (QED) is 0.535. The maximum absolute atomic E-state index is 11.9. The van der Waals surface area contributed by atoms with Gasteiger partial charge < -0.3 is 10.2 Å². The Kier molecular flexibility index (Phi) is 3.29. The molecule has 0 spiro atoms. The number of fused-ring (bicyclic) bond motifs is 1. The normalized spacial score (nSPS) is 16.8. The van der Waals surface area contributed by atoms with Gasteiger partial charge in [0.25, 0.3) is 10.8 Å². The lowest BCUT2D eigenvalue weighted by Gasteiger charge is -1.99. The van der Waals surface area contributed by atoms with E-state index in [1.165, 1.54) is 22.9 Å². The van der Waals surface area contributed by atoms with Crippen LogP contribution in [0.2, 0.25) is 0 Å². The van der Waals surface area contributed by atoms with Gasteiger partial charge in [0.1, 0.15) is 0 Å². The summed E-state index contributed by atoms with van der Waals surface area (Å²) >= 11 is 0. The van der Waals surface area contributed by atoms with Crippen LogP contribution in [-0.2, 0) is 9.84 Å². The van der Waals surface area contributed by atoms with E-state index in [0.717, 1.165) is 19.1 Å². The highest BCUT2D eigenvalue weighted by Crippen LogP contribution is 2.23. The van der Waals surface area contributed by atoms with Crippen LogP contribution in [0.25, 0.3) is 11.7 Å². The maximum Gasteiger partial charge on any atom is 0.252 e. The summed E-state index contributed by atoms with van der Waals surface area (Å²) in [5.41, 5.74) is 0.733. The minimum Gasteiger partial charge on any atom is -0.494 e. The zero-order valence-electron chi connectivity index (χ0n) is 13.1. The van der Waals surface area contributed by atoms with Gasteiger partial charge in [0.2, 0.25) is 9.84 Å². The van der Waals surface area contributed by atoms with Crippen LogP contribution >= 0.6 is 0 Å². The molecule has 3 heterocycles. The topological polar surface area (TPSA) is 146 Å². The van der Waals surface area contributed by atoms with Crippen molar-refractivity contribution >= 4 is 21.6 Å². The minimum absolute atomic E-state index is 0.118. The summed E-state index contributed by atoms with van der Waals surface area (Å²) in [4.78, 5) is 14.8. The molecule has 130 valence electrons. The molecule has 3 aromatic rings. The second-order valence-corrected chi connectivity index (χ2v) is 7.79. The maximum atomic E-state index is 11.9. The molecule has 3 aromatic heterocycles. The average Bonchev–Trinajstić information content (AvgIpc) is 3.15. The third-order valence-corrected chi connectivity index (χ3v) is 4.50. The van der Waals surface area contributed by atoms with Crippen LogP contribution in [0.3, 0.4) is 0 Å². The second kappa shape index (κ2) is 5.28. The van der Waals surface area contributed by atoms with E-state index in [4.69, 9.17) is 0 Å². The van der Waals surface area contributed by atoms with Crippen molar-refractivity contribution in [1.82, 2.24) is 24.6 Å². The van der Waals surface area contributed by atoms with Gasteiger partial charge in [0.15, 0.2) is 17.4 Å². The van der Waals surface area contributed by atoms with Crippen LogP contribution < -0.4 is 10.8 Å². The number of aromatic hydroxyl groups is 2. The lowest BCUT2D eigenvalue weighted by Crippen LogP contribution is -2.26. The SMILES string of the molecule is CS(=O)(=O)c1nc(=NC2CC2)n2ncc(=Cc3cc(O)[nH]c3O)c2n1. The Hall–Kier alpha value is -2.95. The Balaban J connectivity index is 2.03. The van der Waals surface area contributed by atoms with Crippen LogP contribution in [0, 0.1) is 0 Å². The van der Waals surface area contributed by atoms with Crippen molar-refractivity contribution < 1.29 is 18.6 Å². The van der Waals surface area contributed by atoms with Crippen LogP contribution in [0.1, 0.15) is 18.4 Å². The fourth-order valence-corrected chi connectivity index (χ4v) is 2.80. The lowest BCUT2D eigenvalue weighted by molar-refractivity contribution is 0.425. The summed E-state index contributed by atoms with van der Waals surface area (Å²) in [6.07, 6.45) is 5.86. The third-order valence-electron chi connectivity index (χ3n) is 3.66. The molecule has 0 unspecified atom stereocenters. The fourth-order valence-electron chi connectivity index (χ4n) is 2.30. The highest BCUT2D eigenvalue weighted by molar-refractivity contribution is 7.90. The third kappa shape index (κ3) is 2.93. The van der Waals surface area contributed by atoms with Gasteiger partial charge in [-0.2, -0.15) is 19.6 Å². The number of hydrogen-bond donors (Lipinski definition) is 3. The van der Waals surface area contributed by atoms with Crippen molar-refractivity contribution in [3.8, 4) is 11.8 Å². The first-order chi connectivity index (χ1) is 11.8. The highest BCUT2D eigenvalue weighted by atomic mass is 32.2. The van der Waals surface area contributed by atoms with Gasteiger partial charge in [-0.3, -0.25) is 4.98 Å². The molecule has 0 aliphatic heterocycles. The molecular weight excluding hydrogens is 348 g/mol. The van der Waals surface area contributed by atoms with Crippen molar-refractivity contribution in [3.05, 3.63) is 28.7 Å². The van der Waals surface area contributed by atoms with E-state index in [1.54, 1.807) is 0 Å². The molecule has 1 aliphatic carbocycles. The summed E-state index contributed by atoms with van der Waals surface area (Å²) in [5, 5.41) is 23.4. The molecule has 0 aromatic carbocycles. The summed E-state index contributed by atoms with van der Waals surface area (Å²) in [5.74, 6) is -0.423. The molecule has 0 atom stereocenters. The van der Waals surface area contributed by atoms with Crippen LogP contribution in [0.4, 0.5) is 0 Å². The molecule has 10 nitrogen and oxygen atoms in total. The van der Waals surface area contributed by atoms with Crippen LogP contribution in [0.15, 0.2) is 22.4 Å². The Morgan fingerprint density at radius 1 is 1.36 bits per heavy atom. The monoisotopic (exact) mass is 362 g/mol. The van der Waals surface area contributed by atoms with Gasteiger partial charge >= 0.3 is 0 Å². The predicted octanol–water partition coefficient (Wildman–Crippen LogP) is -1.12. The van der Waals surface area contributed by atoms with Crippen molar-refractivity contribution in [2.24, 2.45) is 4.99 Å². The Labute approximate surface area is 141 Å². The zero-order valence-corrected chi connectivity index (χ0v) is 13.9. The minimum atomic E-state index is -3.64.